The first-order chi connectivity index (χ1) is 12.7. The highest BCUT2D eigenvalue weighted by Crippen LogP contribution is 2.15. The van der Waals surface area contributed by atoms with Gasteiger partial charge in [-0.2, -0.15) is 10.2 Å². The van der Waals surface area contributed by atoms with Crippen molar-refractivity contribution in [3.63, 3.8) is 0 Å². The number of para-hydroxylation sites is 2. The van der Waals surface area contributed by atoms with Crippen LogP contribution >= 0.6 is 31.9 Å². The average molecular weight is 472 g/mol. The Morgan fingerprint density at radius 1 is 0.577 bits per heavy atom. The van der Waals surface area contributed by atoms with E-state index in [2.05, 4.69) is 52.9 Å². The minimum atomic E-state index is 0.708. The fraction of sp³-hybridized carbons (Fsp3) is 0. The van der Waals surface area contributed by atoms with Crippen LogP contribution in [0.1, 0.15) is 11.1 Å². The second kappa shape index (κ2) is 9.31. The van der Waals surface area contributed by atoms with Crippen LogP contribution < -0.4 is 10.9 Å². The molecule has 26 heavy (non-hydrogen) atoms. The zero-order valence-corrected chi connectivity index (χ0v) is 16.9. The maximum atomic E-state index is 4.37. The minimum Gasteiger partial charge on any atom is -0.277 e. The molecule has 0 fully saturated rings. The molecule has 0 atom stereocenters. The highest BCUT2D eigenvalue weighted by atomic mass is 79.9. The fourth-order valence-corrected chi connectivity index (χ4v) is 2.83. The summed E-state index contributed by atoms with van der Waals surface area (Å²) in [5.74, 6) is 0. The molecule has 0 unspecified atom stereocenters. The average Bonchev–Trinajstić information content (AvgIpc) is 2.72. The van der Waals surface area contributed by atoms with Crippen LogP contribution in [0.2, 0.25) is 0 Å². The Labute approximate surface area is 169 Å². The van der Waals surface area contributed by atoms with E-state index in [4.69, 9.17) is 0 Å². The van der Waals surface area contributed by atoms with Gasteiger partial charge in [-0.3, -0.25) is 10.9 Å². The molecule has 3 aromatic rings. The first-order valence-electron chi connectivity index (χ1n) is 7.92. The molecule has 0 radical (unpaired) electrons. The lowest BCUT2D eigenvalue weighted by molar-refractivity contribution is 1.34. The molecule has 0 heterocycles. The second-order valence-electron chi connectivity index (χ2n) is 5.34. The summed E-state index contributed by atoms with van der Waals surface area (Å²) in [6, 6.07) is 27.5. The lowest BCUT2D eigenvalue weighted by Crippen LogP contribution is -2.00. The quantitative estimate of drug-likeness (QED) is 0.341. The summed E-state index contributed by atoms with van der Waals surface area (Å²) in [6.07, 6.45) is 0. The van der Waals surface area contributed by atoms with Crippen LogP contribution in [0.4, 0.5) is 11.4 Å². The number of rotatable bonds is 6. The molecule has 0 saturated carbocycles. The van der Waals surface area contributed by atoms with Crippen molar-refractivity contribution in [2.75, 3.05) is 10.9 Å². The predicted molar refractivity (Wildman–Crippen MR) is 117 cm³/mol. The van der Waals surface area contributed by atoms with Crippen molar-refractivity contribution < 1.29 is 0 Å². The van der Waals surface area contributed by atoms with Crippen LogP contribution in [0.3, 0.4) is 0 Å². The molecule has 0 aliphatic rings. The SMILES string of the molecule is Br/C(=N\Nc1ccccc1)c1cccc(/C(Br)=N/Nc2ccccc2)c1. The fourth-order valence-electron chi connectivity index (χ4n) is 2.16. The molecule has 130 valence electrons. The third-order valence-electron chi connectivity index (χ3n) is 3.45. The number of hydrogen-bond acceptors (Lipinski definition) is 4. The summed E-state index contributed by atoms with van der Waals surface area (Å²) in [5.41, 5.74) is 9.79. The molecule has 3 rings (SSSR count). The predicted octanol–water partition coefficient (Wildman–Crippen LogP) is 6.02. The monoisotopic (exact) mass is 470 g/mol. The summed E-state index contributed by atoms with van der Waals surface area (Å²) in [6.45, 7) is 0. The Morgan fingerprint density at radius 3 is 1.42 bits per heavy atom. The van der Waals surface area contributed by atoms with E-state index in [0.29, 0.717) is 9.24 Å². The van der Waals surface area contributed by atoms with E-state index in [-0.39, 0.29) is 0 Å². The molecule has 0 spiro atoms. The molecule has 4 nitrogen and oxygen atoms in total. The molecule has 6 heteroatoms. The van der Waals surface area contributed by atoms with Crippen molar-refractivity contribution in [2.24, 2.45) is 10.2 Å². The Kier molecular flexibility index (Phi) is 6.57. The van der Waals surface area contributed by atoms with Gasteiger partial charge >= 0.3 is 0 Å². The summed E-state index contributed by atoms with van der Waals surface area (Å²) in [5, 5.41) is 8.74. The largest absolute Gasteiger partial charge is 0.277 e. The van der Waals surface area contributed by atoms with E-state index in [0.717, 1.165) is 22.5 Å². The lowest BCUT2D eigenvalue weighted by atomic mass is 10.1. The van der Waals surface area contributed by atoms with Gasteiger partial charge in [-0.1, -0.05) is 54.6 Å². The van der Waals surface area contributed by atoms with Crippen LogP contribution in [0.25, 0.3) is 0 Å². The van der Waals surface area contributed by atoms with Crippen molar-refractivity contribution in [1.29, 1.82) is 0 Å². The van der Waals surface area contributed by atoms with E-state index in [1.165, 1.54) is 0 Å². The number of nitrogens with one attached hydrogen (secondary N) is 2. The summed E-state index contributed by atoms with van der Waals surface area (Å²) < 4.78 is 1.42. The maximum Gasteiger partial charge on any atom is 0.133 e. The molecular weight excluding hydrogens is 456 g/mol. The summed E-state index contributed by atoms with van der Waals surface area (Å²) in [4.78, 5) is 0. The van der Waals surface area contributed by atoms with E-state index < -0.39 is 0 Å². The van der Waals surface area contributed by atoms with Crippen LogP contribution in [0, 0.1) is 0 Å². The summed E-state index contributed by atoms with van der Waals surface area (Å²) >= 11 is 7.04. The van der Waals surface area contributed by atoms with Gasteiger partial charge in [0.05, 0.1) is 11.4 Å². The number of nitrogens with zero attached hydrogens (tertiary/aromatic N) is 2. The van der Waals surface area contributed by atoms with Crippen LogP contribution in [0.15, 0.2) is 95.1 Å². The van der Waals surface area contributed by atoms with Gasteiger partial charge in [0.25, 0.3) is 0 Å². The van der Waals surface area contributed by atoms with E-state index in [1.807, 2.05) is 84.9 Å². The maximum absolute atomic E-state index is 4.37. The third-order valence-corrected chi connectivity index (χ3v) is 4.72. The van der Waals surface area contributed by atoms with Gasteiger partial charge in [0.2, 0.25) is 0 Å². The number of hydrogen-bond donors (Lipinski definition) is 2. The zero-order chi connectivity index (χ0) is 18.2. The third kappa shape index (κ3) is 5.28. The topological polar surface area (TPSA) is 48.8 Å². The number of benzene rings is 3. The molecule has 0 aliphatic carbocycles. The van der Waals surface area contributed by atoms with Crippen LogP contribution in [-0.2, 0) is 0 Å². The molecule has 0 amide bonds. The number of anilines is 2. The normalized spacial score (nSPS) is 11.9. The Morgan fingerprint density at radius 2 is 1.00 bits per heavy atom. The van der Waals surface area contributed by atoms with Crippen molar-refractivity contribution in [3.8, 4) is 0 Å². The zero-order valence-electron chi connectivity index (χ0n) is 13.7. The van der Waals surface area contributed by atoms with Gasteiger partial charge in [-0.15, -0.1) is 0 Å². The van der Waals surface area contributed by atoms with E-state index in [1.54, 1.807) is 0 Å². The van der Waals surface area contributed by atoms with Gasteiger partial charge in [0.15, 0.2) is 0 Å². The molecule has 3 aromatic carbocycles. The van der Waals surface area contributed by atoms with Crippen LogP contribution in [-0.4, -0.2) is 9.24 Å². The lowest BCUT2D eigenvalue weighted by Gasteiger charge is -2.05. The molecule has 0 aliphatic heterocycles. The Balaban J connectivity index is 1.72. The van der Waals surface area contributed by atoms with Crippen molar-refractivity contribution >= 4 is 52.5 Å². The smallest absolute Gasteiger partial charge is 0.133 e. The van der Waals surface area contributed by atoms with Crippen molar-refractivity contribution in [1.82, 2.24) is 0 Å². The molecular formula is C20H16Br2N4. The van der Waals surface area contributed by atoms with Crippen LogP contribution in [0.5, 0.6) is 0 Å². The van der Waals surface area contributed by atoms with E-state index >= 15 is 0 Å². The van der Waals surface area contributed by atoms with Crippen molar-refractivity contribution in [3.05, 3.63) is 96.1 Å². The Hall–Kier alpha value is -2.44. The molecule has 0 bridgehead atoms. The van der Waals surface area contributed by atoms with Crippen molar-refractivity contribution in [2.45, 2.75) is 0 Å². The molecule has 2 N–H and O–H groups in total. The number of hydrazone groups is 2. The van der Waals surface area contributed by atoms with Gasteiger partial charge in [0.1, 0.15) is 9.24 Å². The highest BCUT2D eigenvalue weighted by Gasteiger charge is 2.05. The highest BCUT2D eigenvalue weighted by molar-refractivity contribution is 9.18. The second-order valence-corrected chi connectivity index (χ2v) is 6.84. The molecule has 0 saturated heterocycles. The summed E-state index contributed by atoms with van der Waals surface area (Å²) in [7, 11) is 0. The van der Waals surface area contributed by atoms with Gasteiger partial charge in [0, 0.05) is 11.1 Å². The minimum absolute atomic E-state index is 0.708. The Bertz CT molecular complexity index is 837. The van der Waals surface area contributed by atoms with E-state index in [9.17, 15) is 0 Å². The number of halogens is 2. The van der Waals surface area contributed by atoms with Gasteiger partial charge < -0.3 is 0 Å². The standard InChI is InChI=1S/C20H16Br2N4/c21-19(25-23-17-10-3-1-4-11-17)15-8-7-9-16(14-15)20(22)26-24-18-12-5-2-6-13-18/h1-14,23-24H/b25-19-,26-20-. The van der Waals surface area contributed by atoms with Gasteiger partial charge in [-0.05, 0) is 62.2 Å². The first-order valence-corrected chi connectivity index (χ1v) is 9.50. The van der Waals surface area contributed by atoms with Gasteiger partial charge in [-0.25, -0.2) is 0 Å². The first kappa shape index (κ1) is 18.4. The molecule has 0 aromatic heterocycles.